The van der Waals surface area contributed by atoms with Gasteiger partial charge in [-0.3, -0.25) is 10.3 Å². The van der Waals surface area contributed by atoms with Gasteiger partial charge in [0.2, 0.25) is 5.95 Å². The molecule has 3 aliphatic rings. The van der Waals surface area contributed by atoms with Gasteiger partial charge in [-0.15, -0.1) is 5.48 Å². The van der Waals surface area contributed by atoms with E-state index in [1.807, 2.05) is 12.1 Å². The van der Waals surface area contributed by atoms with Gasteiger partial charge in [-0.05, 0) is 50.7 Å². The van der Waals surface area contributed by atoms with Crippen LogP contribution in [0.4, 0.5) is 10.7 Å². The van der Waals surface area contributed by atoms with E-state index in [0.717, 1.165) is 40.7 Å². The molecule has 2 saturated heterocycles. The number of imidazole rings is 1. The Morgan fingerprint density at radius 1 is 1.05 bits per heavy atom. The number of halogens is 1. The summed E-state index contributed by atoms with van der Waals surface area (Å²) in [5, 5.41) is 3.28. The van der Waals surface area contributed by atoms with Gasteiger partial charge in [0.25, 0.3) is 0 Å². The zero-order valence-electron chi connectivity index (χ0n) is 22.0. The number of hydroxylamine groups is 1. The maximum absolute atomic E-state index is 11.8. The fourth-order valence-corrected chi connectivity index (χ4v) is 6.19. The van der Waals surface area contributed by atoms with Gasteiger partial charge in [0.1, 0.15) is 0 Å². The van der Waals surface area contributed by atoms with Crippen LogP contribution in [0.25, 0.3) is 22.3 Å². The molecule has 3 fully saturated rings. The Morgan fingerprint density at radius 3 is 2.50 bits per heavy atom. The highest BCUT2D eigenvalue weighted by atomic mass is 35.5. The van der Waals surface area contributed by atoms with Crippen LogP contribution in [0.5, 0.6) is 0 Å². The molecule has 5 heterocycles. The normalized spacial score (nSPS) is 27.9. The van der Waals surface area contributed by atoms with Crippen molar-refractivity contribution in [3.8, 4) is 11.3 Å². The number of carbonyl (C=O) groups is 1. The van der Waals surface area contributed by atoms with E-state index in [1.54, 1.807) is 12.4 Å². The highest BCUT2D eigenvalue weighted by molar-refractivity contribution is 6.30. The highest BCUT2D eigenvalue weighted by Gasteiger charge is 2.33. The van der Waals surface area contributed by atoms with E-state index in [0.29, 0.717) is 29.8 Å². The van der Waals surface area contributed by atoms with Crippen LogP contribution in [0.1, 0.15) is 58.3 Å². The maximum Gasteiger partial charge on any atom is 0.427 e. The predicted molar refractivity (Wildman–Crippen MR) is 145 cm³/mol. The molecule has 1 unspecified atom stereocenters. The number of carbonyl (C=O) groups excluding carboxylic acids is 1. The third kappa shape index (κ3) is 4.81. The Balaban J connectivity index is 1.55. The summed E-state index contributed by atoms with van der Waals surface area (Å²) in [5.74, 6) is 2.26. The van der Waals surface area contributed by atoms with Crippen LogP contribution in [0.2, 0.25) is 5.02 Å². The number of pyridine rings is 2. The van der Waals surface area contributed by atoms with E-state index >= 15 is 0 Å². The van der Waals surface area contributed by atoms with Crippen molar-refractivity contribution in [2.75, 3.05) is 18.1 Å². The first kappa shape index (κ1) is 25.3. The number of fused-ring (bicyclic) bond motifs is 1. The number of nitrogens with zero attached hydrogens (tertiary/aromatic N) is 5. The second kappa shape index (κ2) is 10.3. The van der Waals surface area contributed by atoms with Crippen LogP contribution in [0.15, 0.2) is 24.5 Å². The fraction of sp³-hybridized carbons (Fsp3) is 0.556. The van der Waals surface area contributed by atoms with Crippen LogP contribution in [-0.4, -0.2) is 50.9 Å². The Hall–Kier alpha value is -2.95. The average Bonchev–Trinajstić information content (AvgIpc) is 3.48. The number of ether oxygens (including phenoxy) is 1. The third-order valence-electron chi connectivity index (χ3n) is 8.00. The Kier molecular flexibility index (Phi) is 6.88. The number of morpholine rings is 1. The zero-order valence-corrected chi connectivity index (χ0v) is 22.7. The molecule has 0 bridgehead atoms. The zero-order chi connectivity index (χ0) is 26.4. The molecule has 38 heavy (non-hydrogen) atoms. The number of hydrogen-bond donors (Lipinski definition) is 2. The van der Waals surface area contributed by atoms with E-state index in [1.165, 1.54) is 25.7 Å². The number of hydrogen-bond acceptors (Lipinski definition) is 8. The Labute approximate surface area is 227 Å². The van der Waals surface area contributed by atoms with E-state index in [4.69, 9.17) is 31.1 Å². The minimum absolute atomic E-state index is 0.175. The van der Waals surface area contributed by atoms with Crippen molar-refractivity contribution in [3.63, 3.8) is 0 Å². The first-order valence-corrected chi connectivity index (χ1v) is 13.9. The molecular formula is C27H34ClN7O3. The molecule has 0 radical (unpaired) electrons. The largest absolute Gasteiger partial charge is 0.427 e. The lowest BCUT2D eigenvalue weighted by Crippen LogP contribution is -2.51. The van der Waals surface area contributed by atoms with Crippen molar-refractivity contribution in [1.29, 1.82) is 0 Å². The molecule has 3 atom stereocenters. The van der Waals surface area contributed by atoms with Gasteiger partial charge in [-0.2, -0.15) is 0 Å². The van der Waals surface area contributed by atoms with Crippen molar-refractivity contribution >= 4 is 34.7 Å². The first-order chi connectivity index (χ1) is 18.4. The predicted octanol–water partition coefficient (Wildman–Crippen LogP) is 4.83. The summed E-state index contributed by atoms with van der Waals surface area (Å²) < 4.78 is 8.21. The molecule has 10 nitrogen and oxygen atoms in total. The fourth-order valence-electron chi connectivity index (χ4n) is 6.02. The number of amides is 1. The minimum atomic E-state index is -0.590. The molecule has 1 saturated carbocycles. The average molecular weight is 540 g/mol. The van der Waals surface area contributed by atoms with Gasteiger partial charge in [0.15, 0.2) is 6.17 Å². The number of nitrogens with one attached hydrogen (secondary N) is 2. The molecule has 3 aromatic heterocycles. The van der Waals surface area contributed by atoms with Crippen molar-refractivity contribution in [3.05, 3.63) is 35.2 Å². The van der Waals surface area contributed by atoms with Gasteiger partial charge < -0.3 is 19.0 Å². The Bertz CT molecular complexity index is 1330. The quantitative estimate of drug-likeness (QED) is 0.475. The molecule has 1 amide bonds. The molecular weight excluding hydrogens is 506 g/mol. The lowest BCUT2D eigenvalue weighted by Gasteiger charge is -2.40. The SMILES string of the molecule is CC1CCC(Cn2c(N3[C@@H](C)COC[C@@H]3C)nc3cc(C4NOC(=O)N4)nc(-c4cncc(Cl)c4)c32)CC1. The van der Waals surface area contributed by atoms with Crippen LogP contribution in [0.3, 0.4) is 0 Å². The second-order valence-corrected chi connectivity index (χ2v) is 11.5. The summed E-state index contributed by atoms with van der Waals surface area (Å²) in [5.41, 5.74) is 6.59. The van der Waals surface area contributed by atoms with E-state index in [9.17, 15) is 4.79 Å². The summed E-state index contributed by atoms with van der Waals surface area (Å²) in [7, 11) is 0. The van der Waals surface area contributed by atoms with Gasteiger partial charge in [0, 0.05) is 24.5 Å². The molecule has 2 N–H and O–H groups in total. The van der Waals surface area contributed by atoms with E-state index in [-0.39, 0.29) is 12.1 Å². The molecule has 3 aromatic rings. The summed E-state index contributed by atoms with van der Waals surface area (Å²) in [6, 6.07) is 4.15. The summed E-state index contributed by atoms with van der Waals surface area (Å²) in [4.78, 5) is 33.7. The topological polar surface area (TPSA) is 106 Å². The first-order valence-electron chi connectivity index (χ1n) is 13.5. The highest BCUT2D eigenvalue weighted by Crippen LogP contribution is 2.38. The minimum Gasteiger partial charge on any atom is -0.377 e. The molecule has 0 spiro atoms. The summed E-state index contributed by atoms with van der Waals surface area (Å²) in [6.07, 6.45) is 7.14. The van der Waals surface area contributed by atoms with Crippen LogP contribution in [0, 0.1) is 11.8 Å². The molecule has 202 valence electrons. The second-order valence-electron chi connectivity index (χ2n) is 11.0. The monoisotopic (exact) mass is 539 g/mol. The smallest absolute Gasteiger partial charge is 0.377 e. The standard InChI is InChI=1S/C27H34ClN7O3/c1-15-4-6-18(7-5-15)12-34-24-21(31-26(34)35-16(2)13-37-14-17(35)3)9-22(25-32-27(36)38-33-25)30-23(24)19-8-20(28)11-29-10-19/h8-11,15-18,25,33H,4-7,12-14H2,1-3H3,(H,32,36)/t15?,16-,17-,18?,25?/m0/s1. The van der Waals surface area contributed by atoms with E-state index < -0.39 is 12.3 Å². The molecule has 6 rings (SSSR count). The summed E-state index contributed by atoms with van der Waals surface area (Å²) >= 11 is 6.38. The van der Waals surface area contributed by atoms with Gasteiger partial charge in [0.05, 0.1) is 52.7 Å². The van der Waals surface area contributed by atoms with E-state index in [2.05, 4.69) is 46.0 Å². The summed E-state index contributed by atoms with van der Waals surface area (Å²) in [6.45, 7) is 8.88. The van der Waals surface area contributed by atoms with Crippen LogP contribution in [-0.2, 0) is 16.1 Å². The van der Waals surface area contributed by atoms with Crippen molar-refractivity contribution < 1.29 is 14.4 Å². The number of aromatic nitrogens is 4. The Morgan fingerprint density at radius 2 is 1.82 bits per heavy atom. The maximum atomic E-state index is 11.8. The molecule has 1 aliphatic carbocycles. The van der Waals surface area contributed by atoms with Crippen LogP contribution >= 0.6 is 11.6 Å². The van der Waals surface area contributed by atoms with Crippen molar-refractivity contribution in [2.24, 2.45) is 11.8 Å². The molecule has 11 heteroatoms. The lowest BCUT2D eigenvalue weighted by atomic mass is 9.83. The molecule has 2 aliphatic heterocycles. The van der Waals surface area contributed by atoms with Gasteiger partial charge in [-0.25, -0.2) is 14.8 Å². The van der Waals surface area contributed by atoms with Gasteiger partial charge in [-0.1, -0.05) is 31.4 Å². The van der Waals surface area contributed by atoms with Crippen molar-refractivity contribution in [1.82, 2.24) is 30.3 Å². The number of rotatable bonds is 5. The molecule has 0 aromatic carbocycles. The van der Waals surface area contributed by atoms with Crippen molar-refractivity contribution in [2.45, 2.75) is 71.2 Å². The lowest BCUT2D eigenvalue weighted by molar-refractivity contribution is 0.0741. The number of anilines is 1. The van der Waals surface area contributed by atoms with Gasteiger partial charge >= 0.3 is 6.09 Å². The van der Waals surface area contributed by atoms with Crippen LogP contribution < -0.4 is 15.7 Å². The third-order valence-corrected chi connectivity index (χ3v) is 8.21.